The number of aromatic amines is 1. The van der Waals surface area contributed by atoms with Crippen LogP contribution in [-0.4, -0.2) is 77.4 Å². The normalized spacial score (nSPS) is 25.7. The quantitative estimate of drug-likeness (QED) is 0.416. The third kappa shape index (κ3) is 4.45. The molecular weight excluding hydrogens is 483 g/mol. The van der Waals surface area contributed by atoms with Crippen LogP contribution in [0.25, 0.3) is 10.9 Å². The van der Waals surface area contributed by atoms with Crippen LogP contribution in [0.4, 0.5) is 4.39 Å². The minimum absolute atomic E-state index is 0.0716. The van der Waals surface area contributed by atoms with E-state index in [1.165, 1.54) is 12.0 Å². The molecule has 0 radical (unpaired) electrons. The van der Waals surface area contributed by atoms with Crippen molar-refractivity contribution in [1.29, 1.82) is 0 Å². The molecule has 1 saturated carbocycles. The van der Waals surface area contributed by atoms with Crippen molar-refractivity contribution in [1.82, 2.24) is 20.5 Å². The third-order valence-electron chi connectivity index (χ3n) is 8.12. The first-order valence-corrected chi connectivity index (χ1v) is 12.7. The van der Waals surface area contributed by atoms with Crippen molar-refractivity contribution in [3.63, 3.8) is 0 Å². The molecule has 2 aromatic rings. The Morgan fingerprint density at radius 1 is 1.27 bits per heavy atom. The maximum Gasteiger partial charge on any atom is 0.274 e. The van der Waals surface area contributed by atoms with Gasteiger partial charge in [0.25, 0.3) is 5.91 Å². The van der Waals surface area contributed by atoms with Gasteiger partial charge in [-0.3, -0.25) is 19.2 Å². The Kier molecular flexibility index (Phi) is 6.89. The molecule has 4 N–H and O–H groups in total. The number of benzene rings is 1. The second-order valence-electron chi connectivity index (χ2n) is 10.2. The van der Waals surface area contributed by atoms with E-state index in [2.05, 4.69) is 15.6 Å². The molecule has 0 bridgehead atoms. The molecule has 3 fully saturated rings. The Bertz CT molecular complexity index is 1250. The van der Waals surface area contributed by atoms with E-state index in [1.807, 2.05) is 0 Å². The average molecular weight is 515 g/mol. The van der Waals surface area contributed by atoms with Crippen molar-refractivity contribution < 1.29 is 33.4 Å². The summed E-state index contributed by atoms with van der Waals surface area (Å²) in [5.41, 5.74) is 0.159. The number of H-pyrrole nitrogens is 1. The number of carbonyl (C=O) groups excluding carboxylic acids is 4. The Morgan fingerprint density at radius 2 is 2.08 bits per heavy atom. The molecule has 2 saturated heterocycles. The number of aliphatic hydroxyl groups is 1. The zero-order valence-corrected chi connectivity index (χ0v) is 20.6. The lowest BCUT2D eigenvalue weighted by molar-refractivity contribution is -0.133. The summed E-state index contributed by atoms with van der Waals surface area (Å²) in [5, 5.41) is 15.1. The highest BCUT2D eigenvalue weighted by molar-refractivity contribution is 6.03. The molecule has 37 heavy (non-hydrogen) atoms. The fraction of sp³-hybridized carbons (Fsp3) is 0.538. The fourth-order valence-electron chi connectivity index (χ4n) is 6.28. The van der Waals surface area contributed by atoms with Crippen LogP contribution in [0.15, 0.2) is 18.2 Å². The third-order valence-corrected chi connectivity index (χ3v) is 8.12. The van der Waals surface area contributed by atoms with E-state index in [9.17, 15) is 24.3 Å². The number of hydrogen-bond acceptors (Lipinski definition) is 6. The minimum atomic E-state index is -1.06. The molecule has 3 aliphatic rings. The van der Waals surface area contributed by atoms with Crippen molar-refractivity contribution >= 4 is 34.4 Å². The number of Topliss-reactive ketones (excluding diaryl/α,β-unsaturated/α-hetero) is 1. The molecule has 1 aliphatic carbocycles. The van der Waals surface area contributed by atoms with Gasteiger partial charge in [0.1, 0.15) is 24.1 Å². The number of carbonyl (C=O) groups is 4. The number of nitrogens with zero attached hydrogens (tertiary/aromatic N) is 1. The Labute approximate surface area is 212 Å². The lowest BCUT2D eigenvalue weighted by Gasteiger charge is -2.29. The predicted octanol–water partition coefficient (Wildman–Crippen LogP) is 1.13. The van der Waals surface area contributed by atoms with Crippen molar-refractivity contribution in [2.24, 2.45) is 17.8 Å². The predicted molar refractivity (Wildman–Crippen MR) is 130 cm³/mol. The second kappa shape index (κ2) is 10.1. The molecule has 0 unspecified atom stereocenters. The standard InChI is InChI=1S/C26H31FN4O6/c1-37-19-7-3-6-16-20(19)21(27)22(29-16)26(36)31-11-14-4-2-5-15(14)23(31)25(35)30-17(18(33)12-32)10-13-8-9-28-24(13)34/h3,6-7,13-15,17,23,29,32H,2,4-5,8-12H2,1H3,(H,28,34)(H,30,35)/t13-,14-,15-,17-,23-/m0/s1. The molecule has 5 rings (SSSR count). The molecule has 10 nitrogen and oxygen atoms in total. The van der Waals surface area contributed by atoms with E-state index in [4.69, 9.17) is 4.74 Å². The first-order chi connectivity index (χ1) is 17.8. The zero-order valence-electron chi connectivity index (χ0n) is 20.6. The van der Waals surface area contributed by atoms with Gasteiger partial charge in [0.15, 0.2) is 11.6 Å². The summed E-state index contributed by atoms with van der Waals surface area (Å²) in [6.45, 7) is 0.0188. The van der Waals surface area contributed by atoms with Crippen LogP contribution in [0.2, 0.25) is 0 Å². The Balaban J connectivity index is 1.42. The number of ketones is 1. The number of hydrogen-bond donors (Lipinski definition) is 4. The van der Waals surface area contributed by atoms with E-state index in [0.29, 0.717) is 30.8 Å². The van der Waals surface area contributed by atoms with E-state index in [0.717, 1.165) is 19.3 Å². The molecule has 3 amide bonds. The monoisotopic (exact) mass is 514 g/mol. The van der Waals surface area contributed by atoms with Gasteiger partial charge < -0.3 is 30.4 Å². The number of nitrogens with one attached hydrogen (secondary N) is 3. The molecular formula is C26H31FN4O6. The topological polar surface area (TPSA) is 141 Å². The summed E-state index contributed by atoms with van der Waals surface area (Å²) in [4.78, 5) is 56.1. The number of halogens is 1. The molecule has 0 spiro atoms. The Morgan fingerprint density at radius 3 is 2.78 bits per heavy atom. The molecule has 1 aromatic heterocycles. The van der Waals surface area contributed by atoms with Crippen LogP contribution in [0.1, 0.15) is 42.6 Å². The summed E-state index contributed by atoms with van der Waals surface area (Å²) < 4.78 is 20.7. The number of methoxy groups -OCH3 is 1. The van der Waals surface area contributed by atoms with Gasteiger partial charge in [-0.05, 0) is 49.7 Å². The van der Waals surface area contributed by atoms with Crippen LogP contribution in [0, 0.1) is 23.6 Å². The lowest BCUT2D eigenvalue weighted by Crippen LogP contribution is -2.53. The summed E-state index contributed by atoms with van der Waals surface area (Å²) in [5.74, 6) is -2.87. The van der Waals surface area contributed by atoms with Crippen LogP contribution in [-0.2, 0) is 14.4 Å². The van der Waals surface area contributed by atoms with Gasteiger partial charge in [-0.1, -0.05) is 12.5 Å². The highest BCUT2D eigenvalue weighted by Gasteiger charge is 2.50. The second-order valence-corrected chi connectivity index (χ2v) is 10.2. The minimum Gasteiger partial charge on any atom is -0.496 e. The number of fused-ring (bicyclic) bond motifs is 2. The average Bonchev–Trinajstić information content (AvgIpc) is 3.66. The summed E-state index contributed by atoms with van der Waals surface area (Å²) in [7, 11) is 1.42. The maximum atomic E-state index is 15.5. The van der Waals surface area contributed by atoms with Crippen LogP contribution >= 0.6 is 0 Å². The largest absolute Gasteiger partial charge is 0.496 e. The lowest BCUT2D eigenvalue weighted by atomic mass is 9.92. The summed E-state index contributed by atoms with van der Waals surface area (Å²) in [6, 6.07) is 2.99. The van der Waals surface area contributed by atoms with Gasteiger partial charge in [0.05, 0.1) is 24.1 Å². The first kappa shape index (κ1) is 25.2. The van der Waals surface area contributed by atoms with Crippen LogP contribution in [0.3, 0.4) is 0 Å². The highest BCUT2D eigenvalue weighted by atomic mass is 19.1. The van der Waals surface area contributed by atoms with Gasteiger partial charge in [-0.2, -0.15) is 0 Å². The van der Waals surface area contributed by atoms with Gasteiger partial charge in [-0.25, -0.2) is 4.39 Å². The van der Waals surface area contributed by atoms with Crippen LogP contribution in [0.5, 0.6) is 5.75 Å². The SMILES string of the molecule is COc1cccc2[nH]c(C(=O)N3C[C@@H]4CCC[C@@H]4[C@H]3C(=O)N[C@@H](C[C@@H]3CCNC3=O)C(=O)CO)c(F)c12. The van der Waals surface area contributed by atoms with Crippen molar-refractivity contribution in [2.45, 2.75) is 44.2 Å². The molecule has 1 aromatic carbocycles. The number of aliphatic hydroxyl groups excluding tert-OH is 1. The summed E-state index contributed by atoms with van der Waals surface area (Å²) >= 11 is 0. The number of ether oxygens (including phenoxy) is 1. The van der Waals surface area contributed by atoms with E-state index in [-0.39, 0.29) is 35.2 Å². The smallest absolute Gasteiger partial charge is 0.274 e. The number of rotatable bonds is 8. The van der Waals surface area contributed by atoms with E-state index >= 15 is 4.39 Å². The Hall–Kier alpha value is -3.47. The number of likely N-dealkylation sites (tertiary alicyclic amines) is 1. The van der Waals surface area contributed by atoms with Gasteiger partial charge >= 0.3 is 0 Å². The van der Waals surface area contributed by atoms with Crippen molar-refractivity contribution in [2.75, 3.05) is 26.8 Å². The van der Waals surface area contributed by atoms with Gasteiger partial charge in [0.2, 0.25) is 11.8 Å². The molecule has 5 atom stereocenters. The molecule has 198 valence electrons. The molecule has 2 aliphatic heterocycles. The molecule has 3 heterocycles. The van der Waals surface area contributed by atoms with Crippen LogP contribution < -0.4 is 15.4 Å². The maximum absolute atomic E-state index is 15.5. The van der Waals surface area contributed by atoms with Gasteiger partial charge in [0, 0.05) is 19.0 Å². The van der Waals surface area contributed by atoms with E-state index in [1.54, 1.807) is 18.2 Å². The zero-order chi connectivity index (χ0) is 26.3. The molecule has 11 heteroatoms. The van der Waals surface area contributed by atoms with Crippen molar-refractivity contribution in [3.8, 4) is 5.75 Å². The first-order valence-electron chi connectivity index (χ1n) is 12.7. The highest BCUT2D eigenvalue weighted by Crippen LogP contribution is 2.43. The van der Waals surface area contributed by atoms with Gasteiger partial charge in [-0.15, -0.1) is 0 Å². The number of aromatic nitrogens is 1. The van der Waals surface area contributed by atoms with E-state index < -0.39 is 48.0 Å². The van der Waals surface area contributed by atoms with Crippen molar-refractivity contribution in [3.05, 3.63) is 29.7 Å². The fourth-order valence-corrected chi connectivity index (χ4v) is 6.28. The summed E-state index contributed by atoms with van der Waals surface area (Å²) in [6.07, 6.45) is 3.11. The number of amides is 3.